The number of carbonyl (C=O) groups is 4. The summed E-state index contributed by atoms with van der Waals surface area (Å²) in [5.41, 5.74) is 5.35. The number of carbonyl (C=O) groups excluding carboxylic acids is 2. The first kappa shape index (κ1) is 20.2. The van der Waals surface area contributed by atoms with Crippen molar-refractivity contribution in [3.63, 3.8) is 0 Å². The Hall–Kier alpha value is -1.81. The largest absolute Gasteiger partial charge is 0.480 e. The highest BCUT2D eigenvalue weighted by Gasteiger charge is 2.33. The average molecular weight is 362 g/mol. The van der Waals surface area contributed by atoms with E-state index in [-0.39, 0.29) is 23.7 Å². The van der Waals surface area contributed by atoms with E-state index in [0.29, 0.717) is 5.75 Å². The monoisotopic (exact) mass is 362 g/mol. The van der Waals surface area contributed by atoms with Crippen molar-refractivity contribution in [3.8, 4) is 0 Å². The van der Waals surface area contributed by atoms with Gasteiger partial charge in [0.1, 0.15) is 29.8 Å². The molecule has 2 unspecified atom stereocenters. The third-order valence-corrected chi connectivity index (χ3v) is 6.12. The Kier molecular flexibility index (Phi) is 8.55. The van der Waals surface area contributed by atoms with Crippen LogP contribution in [0.2, 0.25) is 0 Å². The summed E-state index contributed by atoms with van der Waals surface area (Å²) in [7, 11) is 0.0295. The van der Waals surface area contributed by atoms with E-state index in [9.17, 15) is 19.2 Å². The summed E-state index contributed by atoms with van der Waals surface area (Å²) in [4.78, 5) is 45.3. The number of aliphatic carboxylic acids is 2. The molecule has 1 fully saturated rings. The van der Waals surface area contributed by atoms with E-state index in [4.69, 9.17) is 15.9 Å². The van der Waals surface area contributed by atoms with Crippen LogP contribution in [0.25, 0.3) is 0 Å². The summed E-state index contributed by atoms with van der Waals surface area (Å²) in [5.74, 6) is -0.875. The van der Waals surface area contributed by atoms with Crippen molar-refractivity contribution in [3.05, 3.63) is 0 Å². The van der Waals surface area contributed by atoms with Gasteiger partial charge in [-0.15, -0.1) is 0 Å². The molecule has 1 aliphatic rings. The first-order valence-electron chi connectivity index (χ1n) is 7.71. The Bertz CT molecular complexity index is 481. The zero-order valence-electron chi connectivity index (χ0n) is 13.3. The van der Waals surface area contributed by atoms with Gasteiger partial charge in [-0.3, -0.25) is 19.2 Å². The highest BCUT2D eigenvalue weighted by molar-refractivity contribution is 7.97. The van der Waals surface area contributed by atoms with Gasteiger partial charge in [0.2, 0.25) is 11.8 Å². The number of hydrogen-bond acceptors (Lipinski definition) is 5. The molecule has 0 aromatic heterocycles. The van der Waals surface area contributed by atoms with Gasteiger partial charge in [-0.2, -0.15) is 0 Å². The molecule has 6 N–H and O–H groups in total. The fourth-order valence-corrected chi connectivity index (χ4v) is 4.73. The summed E-state index contributed by atoms with van der Waals surface area (Å²) >= 11 is 0. The van der Waals surface area contributed by atoms with Crippen LogP contribution in [0.3, 0.4) is 0 Å². The molecule has 9 nitrogen and oxygen atoms in total. The van der Waals surface area contributed by atoms with Gasteiger partial charge in [-0.1, -0.05) is 0 Å². The zero-order valence-corrected chi connectivity index (χ0v) is 14.1. The number of nitrogens with one attached hydrogen (secondary N) is 2. The van der Waals surface area contributed by atoms with E-state index >= 15 is 0 Å². The lowest BCUT2D eigenvalue weighted by Crippen LogP contribution is -2.51. The van der Waals surface area contributed by atoms with Gasteiger partial charge in [0, 0.05) is 6.42 Å². The van der Waals surface area contributed by atoms with E-state index in [1.807, 2.05) is 0 Å². The van der Waals surface area contributed by atoms with Gasteiger partial charge in [0.25, 0.3) is 0 Å². The number of nitrogens with two attached hydrogens (primary N) is 1. The maximum Gasteiger partial charge on any atom is 0.322 e. The molecule has 0 aliphatic carbocycles. The minimum atomic E-state index is -1.19. The summed E-state index contributed by atoms with van der Waals surface area (Å²) in [6.07, 6.45) is 2.04. The van der Waals surface area contributed by atoms with Gasteiger partial charge < -0.3 is 26.6 Å². The van der Waals surface area contributed by atoms with E-state index in [1.54, 1.807) is 0 Å². The predicted octanol–water partition coefficient (Wildman–Crippen LogP) is -1.72. The smallest absolute Gasteiger partial charge is 0.322 e. The Morgan fingerprint density at radius 1 is 1.12 bits per heavy atom. The minimum Gasteiger partial charge on any atom is -0.480 e. The second-order valence-electron chi connectivity index (χ2n) is 5.61. The van der Waals surface area contributed by atoms with Crippen LogP contribution < -0.4 is 16.4 Å². The van der Waals surface area contributed by atoms with Crippen molar-refractivity contribution >= 4 is 34.6 Å². The van der Waals surface area contributed by atoms with Crippen LogP contribution >= 0.6 is 0 Å². The zero-order chi connectivity index (χ0) is 18.1. The third kappa shape index (κ3) is 7.64. The maximum absolute atomic E-state index is 12.1. The highest BCUT2D eigenvalue weighted by Crippen LogP contribution is 2.14. The first-order valence-corrected chi connectivity index (χ1v) is 9.44. The number of rotatable bonds is 10. The molecule has 1 rings (SSSR count). The molecule has 0 radical (unpaired) electrons. The molecule has 1 saturated heterocycles. The number of carboxylic acids is 2. The molecule has 0 saturated carbocycles. The van der Waals surface area contributed by atoms with Crippen LogP contribution in [0.1, 0.15) is 25.7 Å². The number of carboxylic acid groups (broad SMARTS) is 2. The van der Waals surface area contributed by atoms with Crippen molar-refractivity contribution in [2.24, 2.45) is 5.73 Å². The minimum absolute atomic E-state index is 0.0295. The van der Waals surface area contributed by atoms with E-state index in [1.165, 1.54) is 0 Å². The topological polar surface area (TPSA) is 159 Å². The molecule has 1 heterocycles. The fraction of sp³-hybridized carbons (Fsp3) is 0.714. The van der Waals surface area contributed by atoms with Crippen LogP contribution in [-0.4, -0.2) is 69.9 Å². The molecule has 0 aromatic rings. The SMILES string of the molecule is NC(CCC(=O)NC(C[S+]1CCCC1)C(=O)NCC(=O)O)C(=O)O. The molecule has 2 atom stereocenters. The van der Waals surface area contributed by atoms with Crippen molar-refractivity contribution in [2.45, 2.75) is 37.8 Å². The highest BCUT2D eigenvalue weighted by atomic mass is 32.2. The first-order chi connectivity index (χ1) is 11.3. The van der Waals surface area contributed by atoms with Gasteiger partial charge in [0.15, 0.2) is 6.04 Å². The summed E-state index contributed by atoms with van der Waals surface area (Å²) in [6, 6.07) is -1.94. The molecular weight excluding hydrogens is 338 g/mol. The Morgan fingerprint density at radius 2 is 1.75 bits per heavy atom. The predicted molar refractivity (Wildman–Crippen MR) is 88.6 cm³/mol. The molecule has 24 heavy (non-hydrogen) atoms. The lowest BCUT2D eigenvalue weighted by molar-refractivity contribution is -0.139. The van der Waals surface area contributed by atoms with E-state index in [0.717, 1.165) is 24.3 Å². The molecular formula is C14H24N3O6S+. The number of hydrogen-bond donors (Lipinski definition) is 5. The van der Waals surface area contributed by atoms with Gasteiger partial charge in [-0.05, 0) is 30.2 Å². The molecule has 0 aromatic carbocycles. The van der Waals surface area contributed by atoms with Gasteiger partial charge in [0.05, 0.1) is 0 Å². The second kappa shape index (κ2) is 10.1. The van der Waals surface area contributed by atoms with Crippen LogP contribution in [0.5, 0.6) is 0 Å². The van der Waals surface area contributed by atoms with Crippen LogP contribution in [0.15, 0.2) is 0 Å². The van der Waals surface area contributed by atoms with Crippen molar-refractivity contribution in [1.29, 1.82) is 0 Å². The Morgan fingerprint density at radius 3 is 2.29 bits per heavy atom. The summed E-state index contributed by atoms with van der Waals surface area (Å²) in [6.45, 7) is -0.511. The molecule has 136 valence electrons. The van der Waals surface area contributed by atoms with E-state index in [2.05, 4.69) is 10.6 Å². The third-order valence-electron chi connectivity index (χ3n) is 3.58. The lowest BCUT2D eigenvalue weighted by Gasteiger charge is -2.17. The standard InChI is InChI=1S/C14H23N3O6S/c15-9(14(22)23)3-4-11(18)17-10(8-24-5-1-2-6-24)13(21)16-7-12(19)20/h9-10H,1-8,15H2,(H3-,16,17,18,19,20,21,22,23)/p+1. The number of amides is 2. The molecule has 2 amide bonds. The molecule has 10 heteroatoms. The summed E-state index contributed by atoms with van der Waals surface area (Å²) in [5, 5.41) is 22.2. The molecule has 1 aliphatic heterocycles. The van der Waals surface area contributed by atoms with Crippen molar-refractivity contribution in [2.75, 3.05) is 23.8 Å². The Labute approximate surface area is 142 Å². The van der Waals surface area contributed by atoms with Gasteiger partial charge in [-0.25, -0.2) is 0 Å². The molecule has 0 spiro atoms. The van der Waals surface area contributed by atoms with Crippen molar-refractivity contribution < 1.29 is 29.4 Å². The van der Waals surface area contributed by atoms with E-state index < -0.39 is 42.4 Å². The summed E-state index contributed by atoms with van der Waals surface area (Å²) < 4.78 is 0. The maximum atomic E-state index is 12.1. The van der Waals surface area contributed by atoms with Crippen LogP contribution in [-0.2, 0) is 30.1 Å². The average Bonchev–Trinajstić information content (AvgIpc) is 3.02. The Balaban J connectivity index is 2.55. The quantitative estimate of drug-likeness (QED) is 0.289. The normalized spacial score (nSPS) is 17.0. The fourth-order valence-electron chi connectivity index (χ4n) is 2.26. The molecule has 0 bridgehead atoms. The van der Waals surface area contributed by atoms with Crippen LogP contribution in [0.4, 0.5) is 0 Å². The lowest BCUT2D eigenvalue weighted by atomic mass is 10.1. The second-order valence-corrected chi connectivity index (χ2v) is 7.98. The van der Waals surface area contributed by atoms with Crippen LogP contribution in [0, 0.1) is 0 Å². The van der Waals surface area contributed by atoms with Gasteiger partial charge >= 0.3 is 11.9 Å². The van der Waals surface area contributed by atoms with Crippen molar-refractivity contribution in [1.82, 2.24) is 10.6 Å².